The van der Waals surface area contributed by atoms with Crippen LogP contribution in [0.25, 0.3) is 0 Å². The smallest absolute Gasteiger partial charge is 0.416 e. The number of rotatable bonds is 6. The van der Waals surface area contributed by atoms with Crippen molar-refractivity contribution >= 4 is 11.7 Å². The highest BCUT2D eigenvalue weighted by molar-refractivity contribution is 5.89. The molecule has 0 atom stereocenters. The van der Waals surface area contributed by atoms with Gasteiger partial charge in [0.2, 0.25) is 0 Å². The minimum atomic E-state index is -4.42. The number of nitrogens with one attached hydrogen (secondary N) is 2. The quantitative estimate of drug-likeness (QED) is 0.721. The molecule has 148 valence electrons. The molecule has 0 aliphatic carbocycles. The van der Waals surface area contributed by atoms with Gasteiger partial charge in [0.1, 0.15) is 18.1 Å². The lowest BCUT2D eigenvalue weighted by atomic mass is 10.2. The van der Waals surface area contributed by atoms with Gasteiger partial charge in [-0.2, -0.15) is 13.2 Å². The molecule has 5 nitrogen and oxygen atoms in total. The van der Waals surface area contributed by atoms with Crippen LogP contribution in [0.1, 0.15) is 12.5 Å². The Kier molecular flexibility index (Phi) is 7.57. The first-order chi connectivity index (χ1) is 13.4. The summed E-state index contributed by atoms with van der Waals surface area (Å²) in [5, 5.41) is 5.18. The fraction of sp³-hybridized carbons (Fsp3) is 0.250. The molecule has 2 aromatic rings. The fourth-order valence-corrected chi connectivity index (χ4v) is 2.10. The van der Waals surface area contributed by atoms with Crippen molar-refractivity contribution in [1.29, 1.82) is 0 Å². The SMILES string of the molecule is CCOc1ccc(NC(=O)NCC#CCOc2cccc(C(F)(F)F)c2)cc1. The molecule has 0 bridgehead atoms. The van der Waals surface area contributed by atoms with Gasteiger partial charge in [-0.25, -0.2) is 4.79 Å². The minimum Gasteiger partial charge on any atom is -0.494 e. The highest BCUT2D eigenvalue weighted by Gasteiger charge is 2.30. The number of hydrogen-bond acceptors (Lipinski definition) is 3. The van der Waals surface area contributed by atoms with Crippen molar-refractivity contribution in [2.24, 2.45) is 0 Å². The van der Waals surface area contributed by atoms with Crippen LogP contribution in [0.15, 0.2) is 48.5 Å². The minimum absolute atomic E-state index is 0.0643. The van der Waals surface area contributed by atoms with Crippen LogP contribution in [0.5, 0.6) is 11.5 Å². The van der Waals surface area contributed by atoms with Gasteiger partial charge in [-0.1, -0.05) is 17.9 Å². The standard InChI is InChI=1S/C20H19F3N2O3/c1-2-27-17-10-8-16(9-11-17)25-19(26)24-12-3-4-13-28-18-7-5-6-15(14-18)20(21,22)23/h5-11,14H,2,12-13H2,1H3,(H2,24,25,26). The molecule has 2 rings (SSSR count). The number of carbonyl (C=O) groups is 1. The van der Waals surface area contributed by atoms with Crippen LogP contribution in [0.4, 0.5) is 23.7 Å². The van der Waals surface area contributed by atoms with Gasteiger partial charge in [-0.15, -0.1) is 0 Å². The summed E-state index contributed by atoms with van der Waals surface area (Å²) in [4.78, 5) is 11.7. The number of carbonyl (C=O) groups excluding carboxylic acids is 1. The largest absolute Gasteiger partial charge is 0.494 e. The fourth-order valence-electron chi connectivity index (χ4n) is 2.10. The van der Waals surface area contributed by atoms with E-state index < -0.39 is 17.8 Å². The van der Waals surface area contributed by atoms with E-state index in [-0.39, 0.29) is 18.9 Å². The topological polar surface area (TPSA) is 59.6 Å². The molecule has 2 aromatic carbocycles. The first-order valence-corrected chi connectivity index (χ1v) is 8.42. The first-order valence-electron chi connectivity index (χ1n) is 8.42. The van der Waals surface area contributed by atoms with Gasteiger partial charge >= 0.3 is 12.2 Å². The van der Waals surface area contributed by atoms with Gasteiger partial charge in [0.15, 0.2) is 0 Å². The molecule has 0 aromatic heterocycles. The molecule has 0 aliphatic heterocycles. The van der Waals surface area contributed by atoms with Gasteiger partial charge in [-0.3, -0.25) is 0 Å². The summed E-state index contributed by atoms with van der Waals surface area (Å²) in [5.41, 5.74) is -0.188. The second kappa shape index (κ2) is 10.1. The molecule has 0 radical (unpaired) electrons. The summed E-state index contributed by atoms with van der Waals surface area (Å²) in [5.74, 6) is 6.06. The molecule has 0 aliphatic rings. The lowest BCUT2D eigenvalue weighted by Gasteiger charge is -2.08. The maximum atomic E-state index is 12.6. The van der Waals surface area contributed by atoms with E-state index >= 15 is 0 Å². The lowest BCUT2D eigenvalue weighted by Crippen LogP contribution is -2.28. The van der Waals surface area contributed by atoms with Crippen molar-refractivity contribution in [3.8, 4) is 23.3 Å². The number of urea groups is 1. The number of hydrogen-bond donors (Lipinski definition) is 2. The molecule has 0 heterocycles. The third-order valence-electron chi connectivity index (χ3n) is 3.36. The number of alkyl halides is 3. The van der Waals surface area contributed by atoms with Crippen LogP contribution in [0, 0.1) is 11.8 Å². The van der Waals surface area contributed by atoms with Crippen LogP contribution >= 0.6 is 0 Å². The van der Waals surface area contributed by atoms with Crippen LogP contribution in [-0.4, -0.2) is 25.8 Å². The Balaban J connectivity index is 1.71. The Labute approximate surface area is 160 Å². The molecule has 28 heavy (non-hydrogen) atoms. The molecule has 0 spiro atoms. The van der Waals surface area contributed by atoms with Gasteiger partial charge in [-0.05, 0) is 49.4 Å². The molecule has 0 fully saturated rings. The van der Waals surface area contributed by atoms with Crippen LogP contribution in [-0.2, 0) is 6.18 Å². The maximum Gasteiger partial charge on any atom is 0.416 e. The molecular weight excluding hydrogens is 373 g/mol. The Morgan fingerprint density at radius 3 is 2.46 bits per heavy atom. The number of amides is 2. The van der Waals surface area contributed by atoms with E-state index in [0.717, 1.165) is 12.1 Å². The molecule has 8 heteroatoms. The summed E-state index contributed by atoms with van der Waals surface area (Å²) in [6.45, 7) is 2.41. The average Bonchev–Trinajstić information content (AvgIpc) is 2.66. The molecule has 0 saturated heterocycles. The Morgan fingerprint density at radius 2 is 1.79 bits per heavy atom. The number of benzene rings is 2. The van der Waals surface area contributed by atoms with Crippen LogP contribution < -0.4 is 20.1 Å². The third kappa shape index (κ3) is 7.11. The van der Waals surface area contributed by atoms with Gasteiger partial charge < -0.3 is 20.1 Å². The predicted molar refractivity (Wildman–Crippen MR) is 99.3 cm³/mol. The molecule has 2 N–H and O–H groups in total. The van der Waals surface area contributed by atoms with E-state index in [1.54, 1.807) is 24.3 Å². The highest BCUT2D eigenvalue weighted by Crippen LogP contribution is 2.31. The highest BCUT2D eigenvalue weighted by atomic mass is 19.4. The number of anilines is 1. The number of ether oxygens (including phenoxy) is 2. The molecule has 0 saturated carbocycles. The van der Waals surface area contributed by atoms with E-state index in [0.29, 0.717) is 18.0 Å². The van der Waals surface area contributed by atoms with Crippen LogP contribution in [0.3, 0.4) is 0 Å². The zero-order valence-electron chi connectivity index (χ0n) is 15.1. The second-order valence-electron chi connectivity index (χ2n) is 5.43. The predicted octanol–water partition coefficient (Wildman–Crippen LogP) is 4.31. The average molecular weight is 392 g/mol. The van der Waals surface area contributed by atoms with Gasteiger partial charge in [0, 0.05) is 5.69 Å². The van der Waals surface area contributed by atoms with Crippen molar-refractivity contribution in [2.75, 3.05) is 25.1 Å². The monoisotopic (exact) mass is 392 g/mol. The van der Waals surface area contributed by atoms with Crippen molar-refractivity contribution < 1.29 is 27.4 Å². The third-order valence-corrected chi connectivity index (χ3v) is 3.36. The van der Waals surface area contributed by atoms with E-state index in [1.165, 1.54) is 12.1 Å². The summed E-state index contributed by atoms with van der Waals surface area (Å²) in [7, 11) is 0. The van der Waals surface area contributed by atoms with Crippen molar-refractivity contribution in [1.82, 2.24) is 5.32 Å². The van der Waals surface area contributed by atoms with E-state index in [4.69, 9.17) is 9.47 Å². The zero-order valence-corrected chi connectivity index (χ0v) is 15.1. The summed E-state index contributed by atoms with van der Waals surface area (Å²) < 4.78 is 48.3. The second-order valence-corrected chi connectivity index (χ2v) is 5.43. The molecule has 0 unspecified atom stereocenters. The summed E-state index contributed by atoms with van der Waals surface area (Å²) in [6, 6.07) is 11.0. The van der Waals surface area contributed by atoms with Gasteiger partial charge in [0.05, 0.1) is 18.7 Å². The molecule has 2 amide bonds. The Bertz CT molecular complexity index is 840. The first kappa shape index (κ1) is 21.0. The molecular formula is C20H19F3N2O3. The van der Waals surface area contributed by atoms with Crippen molar-refractivity contribution in [3.05, 3.63) is 54.1 Å². The Hall–Kier alpha value is -3.34. The van der Waals surface area contributed by atoms with E-state index in [9.17, 15) is 18.0 Å². The van der Waals surface area contributed by atoms with Gasteiger partial charge in [0.25, 0.3) is 0 Å². The van der Waals surface area contributed by atoms with E-state index in [2.05, 4.69) is 22.5 Å². The summed E-state index contributed by atoms with van der Waals surface area (Å²) >= 11 is 0. The normalized spacial score (nSPS) is 10.4. The Morgan fingerprint density at radius 1 is 1.04 bits per heavy atom. The number of halogens is 3. The van der Waals surface area contributed by atoms with E-state index in [1.807, 2.05) is 6.92 Å². The maximum absolute atomic E-state index is 12.6. The van der Waals surface area contributed by atoms with Crippen LogP contribution in [0.2, 0.25) is 0 Å². The lowest BCUT2D eigenvalue weighted by molar-refractivity contribution is -0.137. The summed E-state index contributed by atoms with van der Waals surface area (Å²) in [6.07, 6.45) is -4.42. The van der Waals surface area contributed by atoms with Crippen molar-refractivity contribution in [3.63, 3.8) is 0 Å². The van der Waals surface area contributed by atoms with Crippen molar-refractivity contribution in [2.45, 2.75) is 13.1 Å². The zero-order chi connectivity index (χ0) is 20.4.